The minimum absolute atomic E-state index is 0.00672. The first-order valence-electron chi connectivity index (χ1n) is 10.7. The molecule has 178 valence electrons. The van der Waals surface area contributed by atoms with E-state index in [1.165, 1.54) is 11.7 Å². The predicted molar refractivity (Wildman–Crippen MR) is 126 cm³/mol. The first-order chi connectivity index (χ1) is 16.2. The van der Waals surface area contributed by atoms with Gasteiger partial charge in [-0.25, -0.2) is 9.78 Å². The van der Waals surface area contributed by atoms with Gasteiger partial charge >= 0.3 is 5.69 Å². The van der Waals surface area contributed by atoms with E-state index < -0.39 is 17.4 Å². The molecule has 2 aromatic heterocycles. The molecule has 10 heteroatoms. The number of ether oxygens (including phenoxy) is 2. The van der Waals surface area contributed by atoms with Crippen LogP contribution in [-0.4, -0.2) is 42.5 Å². The Morgan fingerprint density at radius 1 is 1.15 bits per heavy atom. The van der Waals surface area contributed by atoms with Crippen LogP contribution in [0.5, 0.6) is 17.2 Å². The van der Waals surface area contributed by atoms with Crippen LogP contribution in [-0.2, 0) is 20.2 Å². The highest BCUT2D eigenvalue weighted by molar-refractivity contribution is 5.77. The summed E-state index contributed by atoms with van der Waals surface area (Å²) in [7, 11) is 3.20. The highest BCUT2D eigenvalue weighted by atomic mass is 16.5. The van der Waals surface area contributed by atoms with Crippen molar-refractivity contribution in [1.82, 2.24) is 19.1 Å². The van der Waals surface area contributed by atoms with Crippen molar-refractivity contribution in [2.45, 2.75) is 33.1 Å². The van der Waals surface area contributed by atoms with Gasteiger partial charge in [-0.2, -0.15) is 0 Å². The van der Waals surface area contributed by atoms with Gasteiger partial charge in [0.2, 0.25) is 0 Å². The molecule has 0 amide bonds. The number of aromatic nitrogens is 4. The highest BCUT2D eigenvalue weighted by Gasteiger charge is 2.19. The molecule has 10 nitrogen and oxygen atoms in total. The lowest BCUT2D eigenvalue weighted by atomic mass is 10.1. The molecule has 0 fully saturated rings. The van der Waals surface area contributed by atoms with Crippen LogP contribution < -0.4 is 20.7 Å². The standard InChI is InChI=1S/C24H26N4O6/c1-13-5-6-15(9-17(13)30)12-34-18-8-7-16(10-19(18)33-4)21-25-22-20(27(21)3)23(31)26-24(32)28(22)11-14(2)29/h5-10,14,29-30H,11-12H2,1-4H3,(H,26,31,32). The largest absolute Gasteiger partial charge is 0.508 e. The molecule has 0 aliphatic rings. The number of aromatic amines is 1. The molecular weight excluding hydrogens is 440 g/mol. The summed E-state index contributed by atoms with van der Waals surface area (Å²) >= 11 is 0. The summed E-state index contributed by atoms with van der Waals surface area (Å²) in [6.07, 6.45) is -0.802. The molecule has 0 saturated carbocycles. The summed E-state index contributed by atoms with van der Waals surface area (Å²) in [6, 6.07) is 10.6. The van der Waals surface area contributed by atoms with Gasteiger partial charge in [0.1, 0.15) is 18.2 Å². The maximum absolute atomic E-state index is 12.5. The van der Waals surface area contributed by atoms with Gasteiger partial charge in [0.25, 0.3) is 5.56 Å². The quantitative estimate of drug-likeness (QED) is 0.380. The maximum atomic E-state index is 12.5. The van der Waals surface area contributed by atoms with E-state index in [1.54, 1.807) is 42.8 Å². The van der Waals surface area contributed by atoms with E-state index in [0.717, 1.165) is 11.1 Å². The van der Waals surface area contributed by atoms with Crippen LogP contribution in [0.2, 0.25) is 0 Å². The number of H-pyrrole nitrogens is 1. The number of aliphatic hydroxyl groups excluding tert-OH is 1. The monoisotopic (exact) mass is 466 g/mol. The molecule has 0 spiro atoms. The molecule has 0 bridgehead atoms. The van der Waals surface area contributed by atoms with Crippen molar-refractivity contribution in [2.75, 3.05) is 7.11 Å². The van der Waals surface area contributed by atoms with Crippen LogP contribution in [0.3, 0.4) is 0 Å². The van der Waals surface area contributed by atoms with E-state index in [1.807, 2.05) is 19.1 Å². The van der Waals surface area contributed by atoms with Crippen molar-refractivity contribution >= 4 is 11.2 Å². The van der Waals surface area contributed by atoms with Crippen LogP contribution in [0.4, 0.5) is 0 Å². The van der Waals surface area contributed by atoms with Gasteiger partial charge in [0.15, 0.2) is 22.7 Å². The number of hydrogen-bond donors (Lipinski definition) is 3. The summed E-state index contributed by atoms with van der Waals surface area (Å²) in [6.45, 7) is 3.60. The van der Waals surface area contributed by atoms with Gasteiger partial charge in [-0.15, -0.1) is 0 Å². The Bertz CT molecular complexity index is 1480. The lowest BCUT2D eigenvalue weighted by molar-refractivity contribution is 0.173. The van der Waals surface area contributed by atoms with Crippen LogP contribution in [0, 0.1) is 6.92 Å². The number of aryl methyl sites for hydroxylation is 2. The number of phenolic OH excluding ortho intramolecular Hbond substituents is 1. The van der Waals surface area contributed by atoms with E-state index in [4.69, 9.17) is 9.47 Å². The van der Waals surface area contributed by atoms with Gasteiger partial charge in [-0.3, -0.25) is 14.3 Å². The molecule has 1 atom stereocenters. The first-order valence-corrected chi connectivity index (χ1v) is 10.7. The number of imidazole rings is 1. The number of rotatable bonds is 7. The average molecular weight is 466 g/mol. The second-order valence-corrected chi connectivity index (χ2v) is 8.16. The number of aliphatic hydroxyl groups is 1. The maximum Gasteiger partial charge on any atom is 0.330 e. The zero-order valence-electron chi connectivity index (χ0n) is 19.3. The van der Waals surface area contributed by atoms with E-state index in [0.29, 0.717) is 22.9 Å². The van der Waals surface area contributed by atoms with Crippen LogP contribution in [0.1, 0.15) is 18.1 Å². The third-order valence-corrected chi connectivity index (χ3v) is 5.55. The Labute approximate surface area is 194 Å². The Morgan fingerprint density at radius 3 is 2.59 bits per heavy atom. The minimum atomic E-state index is -0.802. The van der Waals surface area contributed by atoms with Gasteiger partial charge in [-0.1, -0.05) is 12.1 Å². The summed E-state index contributed by atoms with van der Waals surface area (Å²) in [5, 5.41) is 19.7. The Balaban J connectivity index is 1.72. The SMILES string of the molecule is COc1cc(-c2nc3c(c(=O)[nH]c(=O)n3CC(C)O)n2C)ccc1OCc1ccc(C)c(O)c1. The molecule has 0 aliphatic heterocycles. The van der Waals surface area contributed by atoms with Crippen LogP contribution in [0.15, 0.2) is 46.0 Å². The minimum Gasteiger partial charge on any atom is -0.508 e. The molecule has 34 heavy (non-hydrogen) atoms. The molecule has 0 radical (unpaired) electrons. The van der Waals surface area contributed by atoms with Crippen LogP contribution in [0.25, 0.3) is 22.6 Å². The van der Waals surface area contributed by atoms with Crippen molar-refractivity contribution in [3.63, 3.8) is 0 Å². The van der Waals surface area contributed by atoms with Crippen molar-refractivity contribution in [1.29, 1.82) is 0 Å². The molecule has 2 heterocycles. The summed E-state index contributed by atoms with van der Waals surface area (Å²) < 4.78 is 14.2. The zero-order valence-corrected chi connectivity index (χ0v) is 19.3. The normalized spacial score (nSPS) is 12.1. The third kappa shape index (κ3) is 4.27. The molecule has 4 rings (SSSR count). The second-order valence-electron chi connectivity index (χ2n) is 8.16. The Morgan fingerprint density at radius 2 is 1.91 bits per heavy atom. The zero-order chi connectivity index (χ0) is 24.6. The van der Waals surface area contributed by atoms with Crippen LogP contribution >= 0.6 is 0 Å². The smallest absolute Gasteiger partial charge is 0.330 e. The van der Waals surface area contributed by atoms with Gasteiger partial charge in [0.05, 0.1) is 19.8 Å². The summed E-state index contributed by atoms with van der Waals surface area (Å²) in [5.74, 6) is 1.60. The predicted octanol–water partition coefficient (Wildman–Crippen LogP) is 2.07. The van der Waals surface area contributed by atoms with Gasteiger partial charge in [0, 0.05) is 12.6 Å². The number of benzene rings is 2. The molecule has 2 aromatic carbocycles. The fourth-order valence-electron chi connectivity index (χ4n) is 3.77. The summed E-state index contributed by atoms with van der Waals surface area (Å²) in [4.78, 5) is 31.6. The van der Waals surface area contributed by atoms with E-state index in [-0.39, 0.29) is 30.1 Å². The number of aromatic hydroxyl groups is 1. The topological polar surface area (TPSA) is 132 Å². The first kappa shape index (κ1) is 23.1. The van der Waals surface area contributed by atoms with Crippen molar-refractivity contribution in [3.8, 4) is 28.6 Å². The fraction of sp³-hybridized carbons (Fsp3) is 0.292. The summed E-state index contributed by atoms with van der Waals surface area (Å²) in [5.41, 5.74) is 1.44. The van der Waals surface area contributed by atoms with Gasteiger partial charge in [-0.05, 0) is 49.2 Å². The lowest BCUT2D eigenvalue weighted by Crippen LogP contribution is -2.33. The highest BCUT2D eigenvalue weighted by Crippen LogP contribution is 2.33. The number of fused-ring (bicyclic) bond motifs is 1. The molecule has 4 aromatic rings. The lowest BCUT2D eigenvalue weighted by Gasteiger charge is -2.13. The van der Waals surface area contributed by atoms with Crippen molar-refractivity contribution in [2.24, 2.45) is 7.05 Å². The molecule has 3 N–H and O–H groups in total. The van der Waals surface area contributed by atoms with Crippen molar-refractivity contribution < 1.29 is 19.7 Å². The fourth-order valence-corrected chi connectivity index (χ4v) is 3.77. The third-order valence-electron chi connectivity index (χ3n) is 5.55. The second kappa shape index (κ2) is 9.06. The average Bonchev–Trinajstić information content (AvgIpc) is 3.14. The van der Waals surface area contributed by atoms with Crippen molar-refractivity contribution in [3.05, 3.63) is 68.4 Å². The number of hydrogen-bond acceptors (Lipinski definition) is 7. The Kier molecular flexibility index (Phi) is 6.16. The Hall–Kier alpha value is -4.05. The molecule has 1 unspecified atom stereocenters. The number of nitrogens with one attached hydrogen (secondary N) is 1. The van der Waals surface area contributed by atoms with Gasteiger partial charge < -0.3 is 24.3 Å². The number of phenols is 1. The van der Waals surface area contributed by atoms with E-state index >= 15 is 0 Å². The number of methoxy groups -OCH3 is 1. The van der Waals surface area contributed by atoms with E-state index in [9.17, 15) is 19.8 Å². The molecule has 0 aliphatic carbocycles. The molecule has 0 saturated heterocycles. The van der Waals surface area contributed by atoms with E-state index in [2.05, 4.69) is 9.97 Å². The molecular formula is C24H26N4O6. The number of nitrogens with zero attached hydrogens (tertiary/aromatic N) is 3.